The molecule has 2 nitrogen and oxygen atoms in total. The van der Waals surface area contributed by atoms with Crippen LogP contribution in [0, 0.1) is 5.82 Å². The third-order valence-electron chi connectivity index (χ3n) is 2.60. The summed E-state index contributed by atoms with van der Waals surface area (Å²) in [5.74, 6) is 0.463. The predicted octanol–water partition coefficient (Wildman–Crippen LogP) is 5.05. The molecule has 0 unspecified atom stereocenters. The monoisotopic (exact) mass is 343 g/mol. The fourth-order valence-corrected chi connectivity index (χ4v) is 2.15. The van der Waals surface area contributed by atoms with Crippen LogP contribution in [-0.4, -0.2) is 0 Å². The van der Waals surface area contributed by atoms with E-state index in [1.165, 1.54) is 12.1 Å². The summed E-state index contributed by atoms with van der Waals surface area (Å²) in [6.07, 6.45) is 0. The molecule has 2 aromatic rings. The molecule has 1 atom stereocenters. The van der Waals surface area contributed by atoms with Gasteiger partial charge in [0.25, 0.3) is 0 Å². The minimum atomic E-state index is -0.512. The Balaban J connectivity index is 2.25. The zero-order chi connectivity index (χ0) is 14.0. The van der Waals surface area contributed by atoms with Crippen LogP contribution in [0.2, 0.25) is 5.02 Å². The van der Waals surface area contributed by atoms with Crippen molar-refractivity contribution in [2.75, 3.05) is 0 Å². The molecule has 100 valence electrons. The maximum absolute atomic E-state index is 13.3. The van der Waals surface area contributed by atoms with Gasteiger partial charge in [-0.2, -0.15) is 0 Å². The fourth-order valence-electron chi connectivity index (χ4n) is 1.55. The number of rotatable bonds is 3. The standard InChI is InChI=1S/C14H12BrClFNO/c1-8(18)9-2-5-14(11(15)6-9)19-10-3-4-12(16)13(17)7-10/h2-8H,18H2,1H3/t8-/m0/s1. The van der Waals surface area contributed by atoms with Crippen molar-refractivity contribution >= 4 is 27.5 Å². The molecule has 0 fully saturated rings. The number of hydrogen-bond acceptors (Lipinski definition) is 2. The first-order chi connectivity index (χ1) is 8.97. The van der Waals surface area contributed by atoms with Gasteiger partial charge in [0.15, 0.2) is 0 Å². The quantitative estimate of drug-likeness (QED) is 0.845. The van der Waals surface area contributed by atoms with Gasteiger partial charge < -0.3 is 10.5 Å². The van der Waals surface area contributed by atoms with Gasteiger partial charge in [0, 0.05) is 12.1 Å². The highest BCUT2D eigenvalue weighted by Crippen LogP contribution is 2.32. The van der Waals surface area contributed by atoms with E-state index in [9.17, 15) is 4.39 Å². The molecule has 5 heteroatoms. The van der Waals surface area contributed by atoms with E-state index in [2.05, 4.69) is 15.9 Å². The summed E-state index contributed by atoms with van der Waals surface area (Å²) in [5.41, 5.74) is 6.78. The lowest BCUT2D eigenvalue weighted by Gasteiger charge is -2.11. The summed E-state index contributed by atoms with van der Waals surface area (Å²) in [5, 5.41) is 0.0683. The molecule has 2 aromatic carbocycles. The normalized spacial score (nSPS) is 12.3. The molecule has 0 amide bonds. The lowest BCUT2D eigenvalue weighted by molar-refractivity contribution is 0.473. The minimum Gasteiger partial charge on any atom is -0.456 e. The highest BCUT2D eigenvalue weighted by Gasteiger charge is 2.08. The number of ether oxygens (including phenoxy) is 1. The SMILES string of the molecule is C[C@H](N)c1ccc(Oc2ccc(Cl)c(F)c2)c(Br)c1. The van der Waals surface area contributed by atoms with Gasteiger partial charge in [0.05, 0.1) is 9.50 Å². The van der Waals surface area contributed by atoms with Crippen LogP contribution >= 0.6 is 27.5 Å². The van der Waals surface area contributed by atoms with Crippen LogP contribution < -0.4 is 10.5 Å². The molecule has 0 bridgehead atoms. The van der Waals surface area contributed by atoms with Gasteiger partial charge in [-0.15, -0.1) is 0 Å². The van der Waals surface area contributed by atoms with E-state index in [0.29, 0.717) is 11.5 Å². The van der Waals surface area contributed by atoms with Crippen LogP contribution in [-0.2, 0) is 0 Å². The van der Waals surface area contributed by atoms with E-state index in [4.69, 9.17) is 22.1 Å². The summed E-state index contributed by atoms with van der Waals surface area (Å²) in [7, 11) is 0. The van der Waals surface area contributed by atoms with E-state index in [-0.39, 0.29) is 11.1 Å². The highest BCUT2D eigenvalue weighted by atomic mass is 79.9. The van der Waals surface area contributed by atoms with E-state index in [1.807, 2.05) is 19.1 Å². The molecule has 0 aliphatic heterocycles. The molecular formula is C14H12BrClFNO. The molecular weight excluding hydrogens is 333 g/mol. The lowest BCUT2D eigenvalue weighted by atomic mass is 10.1. The second kappa shape index (κ2) is 5.90. The predicted molar refractivity (Wildman–Crippen MR) is 78.2 cm³/mol. The Bertz CT molecular complexity index is 604. The third-order valence-corrected chi connectivity index (χ3v) is 3.53. The summed E-state index contributed by atoms with van der Waals surface area (Å²) >= 11 is 9.02. The maximum atomic E-state index is 13.3. The van der Waals surface area contributed by atoms with Gasteiger partial charge in [-0.3, -0.25) is 0 Å². The van der Waals surface area contributed by atoms with Crippen molar-refractivity contribution in [2.45, 2.75) is 13.0 Å². The topological polar surface area (TPSA) is 35.2 Å². The van der Waals surface area contributed by atoms with Crippen LogP contribution in [0.5, 0.6) is 11.5 Å². The Hall–Kier alpha value is -1.10. The van der Waals surface area contributed by atoms with Crippen molar-refractivity contribution in [1.29, 1.82) is 0 Å². The summed E-state index contributed by atoms with van der Waals surface area (Å²) in [6, 6.07) is 9.79. The first-order valence-corrected chi connectivity index (χ1v) is 6.82. The van der Waals surface area contributed by atoms with Crippen LogP contribution in [0.25, 0.3) is 0 Å². The second-order valence-corrected chi connectivity index (χ2v) is 5.42. The summed E-state index contributed by atoms with van der Waals surface area (Å²) in [6.45, 7) is 1.90. The van der Waals surface area contributed by atoms with Crippen molar-refractivity contribution in [3.05, 3.63) is 57.3 Å². The number of nitrogens with two attached hydrogens (primary N) is 1. The van der Waals surface area contributed by atoms with Crippen molar-refractivity contribution in [1.82, 2.24) is 0 Å². The Labute approximate surface area is 124 Å². The van der Waals surface area contributed by atoms with Crippen LogP contribution in [0.3, 0.4) is 0 Å². The molecule has 0 radical (unpaired) electrons. The molecule has 2 rings (SSSR count). The van der Waals surface area contributed by atoms with E-state index >= 15 is 0 Å². The van der Waals surface area contributed by atoms with E-state index < -0.39 is 5.82 Å². The summed E-state index contributed by atoms with van der Waals surface area (Å²) < 4.78 is 19.7. The fraction of sp³-hybridized carbons (Fsp3) is 0.143. The largest absolute Gasteiger partial charge is 0.456 e. The van der Waals surface area contributed by atoms with Crippen molar-refractivity contribution in [3.8, 4) is 11.5 Å². The Morgan fingerprint density at radius 2 is 2.00 bits per heavy atom. The maximum Gasteiger partial charge on any atom is 0.145 e. The molecule has 0 heterocycles. The Morgan fingerprint density at radius 3 is 2.58 bits per heavy atom. The molecule has 0 saturated heterocycles. The molecule has 2 N–H and O–H groups in total. The Morgan fingerprint density at radius 1 is 1.26 bits per heavy atom. The average Bonchev–Trinajstić information content (AvgIpc) is 2.36. The zero-order valence-electron chi connectivity index (χ0n) is 10.2. The van der Waals surface area contributed by atoms with Crippen LogP contribution in [0.1, 0.15) is 18.5 Å². The molecule has 0 aromatic heterocycles. The van der Waals surface area contributed by atoms with Gasteiger partial charge in [-0.05, 0) is 52.7 Å². The lowest BCUT2D eigenvalue weighted by Crippen LogP contribution is -2.04. The van der Waals surface area contributed by atoms with E-state index in [1.54, 1.807) is 12.1 Å². The molecule has 0 aliphatic rings. The van der Waals surface area contributed by atoms with Crippen LogP contribution in [0.4, 0.5) is 4.39 Å². The first kappa shape index (κ1) is 14.3. The summed E-state index contributed by atoms with van der Waals surface area (Å²) in [4.78, 5) is 0. The van der Waals surface area contributed by atoms with Crippen LogP contribution in [0.15, 0.2) is 40.9 Å². The number of hydrogen-bond donors (Lipinski definition) is 1. The average molecular weight is 345 g/mol. The third kappa shape index (κ3) is 3.47. The molecule has 0 spiro atoms. The van der Waals surface area contributed by atoms with Gasteiger partial charge in [0.2, 0.25) is 0 Å². The minimum absolute atomic E-state index is 0.0571. The van der Waals surface area contributed by atoms with Crippen molar-refractivity contribution in [3.63, 3.8) is 0 Å². The zero-order valence-corrected chi connectivity index (χ0v) is 12.5. The van der Waals surface area contributed by atoms with Crippen molar-refractivity contribution < 1.29 is 9.13 Å². The van der Waals surface area contributed by atoms with Gasteiger partial charge >= 0.3 is 0 Å². The van der Waals surface area contributed by atoms with Crippen molar-refractivity contribution in [2.24, 2.45) is 5.73 Å². The Kier molecular flexibility index (Phi) is 4.45. The van der Waals surface area contributed by atoms with Gasteiger partial charge in [-0.1, -0.05) is 17.7 Å². The highest BCUT2D eigenvalue weighted by molar-refractivity contribution is 9.10. The van der Waals surface area contributed by atoms with E-state index in [0.717, 1.165) is 10.0 Å². The second-order valence-electron chi connectivity index (χ2n) is 4.16. The number of halogens is 3. The van der Waals surface area contributed by atoms with Gasteiger partial charge in [-0.25, -0.2) is 4.39 Å². The molecule has 0 saturated carbocycles. The number of benzene rings is 2. The smallest absolute Gasteiger partial charge is 0.145 e. The first-order valence-electron chi connectivity index (χ1n) is 5.65. The molecule has 19 heavy (non-hydrogen) atoms. The molecule has 0 aliphatic carbocycles. The van der Waals surface area contributed by atoms with Gasteiger partial charge in [0.1, 0.15) is 17.3 Å².